The maximum atomic E-state index is 11.5. The first-order valence-corrected chi connectivity index (χ1v) is 9.88. The lowest BCUT2D eigenvalue weighted by atomic mass is 9.93. The van der Waals surface area contributed by atoms with E-state index in [0.29, 0.717) is 24.4 Å². The minimum absolute atomic E-state index is 0. The molecule has 0 bridgehead atoms. The van der Waals surface area contributed by atoms with Crippen molar-refractivity contribution in [2.45, 2.75) is 66.0 Å². The van der Waals surface area contributed by atoms with E-state index in [2.05, 4.69) is 55.1 Å². The number of amides is 1. The van der Waals surface area contributed by atoms with Gasteiger partial charge in [-0.05, 0) is 53.4 Å². The van der Waals surface area contributed by atoms with Crippen LogP contribution in [0.5, 0.6) is 0 Å². The van der Waals surface area contributed by atoms with Gasteiger partial charge in [0.1, 0.15) is 0 Å². The molecule has 0 aromatic heterocycles. The summed E-state index contributed by atoms with van der Waals surface area (Å²) >= 11 is 0. The number of rotatable bonds is 8. The van der Waals surface area contributed by atoms with E-state index in [-0.39, 0.29) is 29.9 Å². The van der Waals surface area contributed by atoms with Gasteiger partial charge in [0.25, 0.3) is 0 Å². The molecular formula is C19H40IN5O. The van der Waals surface area contributed by atoms with Crippen LogP contribution in [0.2, 0.25) is 0 Å². The van der Waals surface area contributed by atoms with Gasteiger partial charge < -0.3 is 15.5 Å². The van der Waals surface area contributed by atoms with E-state index in [9.17, 15) is 4.79 Å². The molecular weight excluding hydrogens is 441 g/mol. The second-order valence-corrected chi connectivity index (χ2v) is 7.47. The first-order chi connectivity index (χ1) is 11.9. The maximum absolute atomic E-state index is 11.5. The highest BCUT2D eigenvalue weighted by molar-refractivity contribution is 14.0. The predicted molar refractivity (Wildman–Crippen MR) is 121 cm³/mol. The van der Waals surface area contributed by atoms with E-state index in [0.717, 1.165) is 51.5 Å². The van der Waals surface area contributed by atoms with Crippen molar-refractivity contribution < 1.29 is 4.79 Å². The number of hydrogen-bond donors (Lipinski definition) is 2. The number of guanidine groups is 1. The van der Waals surface area contributed by atoms with Gasteiger partial charge in [-0.15, -0.1) is 24.0 Å². The second-order valence-electron chi connectivity index (χ2n) is 7.47. The zero-order valence-corrected chi connectivity index (χ0v) is 19.9. The van der Waals surface area contributed by atoms with Crippen LogP contribution in [-0.2, 0) is 4.79 Å². The molecule has 1 amide bonds. The molecule has 7 heteroatoms. The largest absolute Gasteiger partial charge is 0.359 e. The number of carbonyl (C=O) groups excluding carboxylic acids is 1. The van der Waals surface area contributed by atoms with Gasteiger partial charge in [0.05, 0.1) is 6.54 Å². The van der Waals surface area contributed by atoms with Crippen LogP contribution in [0.25, 0.3) is 0 Å². The van der Waals surface area contributed by atoms with Crippen LogP contribution in [0, 0.1) is 5.92 Å². The number of carbonyl (C=O) groups is 1. The average Bonchev–Trinajstić information content (AvgIpc) is 2.57. The summed E-state index contributed by atoms with van der Waals surface area (Å²) in [6.07, 6.45) is 2.76. The van der Waals surface area contributed by atoms with Crippen molar-refractivity contribution in [1.82, 2.24) is 20.4 Å². The first kappa shape index (κ1) is 25.4. The van der Waals surface area contributed by atoms with Gasteiger partial charge in [-0.2, -0.15) is 0 Å². The molecule has 0 aromatic carbocycles. The molecule has 1 aliphatic rings. The lowest BCUT2D eigenvalue weighted by Gasteiger charge is -2.34. The molecule has 1 rings (SSSR count). The third-order valence-electron chi connectivity index (χ3n) is 4.95. The second kappa shape index (κ2) is 13.6. The fraction of sp³-hybridized carbons (Fsp3) is 0.895. The van der Waals surface area contributed by atoms with Crippen molar-refractivity contribution in [3.05, 3.63) is 0 Å². The Morgan fingerprint density at radius 2 is 1.77 bits per heavy atom. The van der Waals surface area contributed by atoms with Gasteiger partial charge in [-0.3, -0.25) is 14.7 Å². The summed E-state index contributed by atoms with van der Waals surface area (Å²) < 4.78 is 0. The minimum atomic E-state index is 0. The standard InChI is InChI=1S/C19H39N5O.HI/c1-7-21-19(22-10-13-24(15(2)3)16(4)5)23-11-8-17(9-12-23)14-18(25)20-6;/h15-17H,7-14H2,1-6H3,(H,20,25)(H,21,22);1H. The highest BCUT2D eigenvalue weighted by atomic mass is 127. The van der Waals surface area contributed by atoms with Crippen LogP contribution in [0.3, 0.4) is 0 Å². The minimum Gasteiger partial charge on any atom is -0.359 e. The Hall–Kier alpha value is -0.570. The topological polar surface area (TPSA) is 60.0 Å². The number of aliphatic imine (C=N–C) groups is 1. The van der Waals surface area contributed by atoms with E-state index in [4.69, 9.17) is 4.99 Å². The fourth-order valence-corrected chi connectivity index (χ4v) is 3.52. The Balaban J connectivity index is 0.00000625. The summed E-state index contributed by atoms with van der Waals surface area (Å²) in [5, 5.41) is 6.16. The first-order valence-electron chi connectivity index (χ1n) is 9.88. The number of hydrogen-bond acceptors (Lipinski definition) is 3. The van der Waals surface area contributed by atoms with Gasteiger partial charge >= 0.3 is 0 Å². The van der Waals surface area contributed by atoms with Crippen molar-refractivity contribution in [2.75, 3.05) is 39.8 Å². The van der Waals surface area contributed by atoms with Gasteiger partial charge in [-0.1, -0.05) is 0 Å². The Kier molecular flexibility index (Phi) is 13.3. The van der Waals surface area contributed by atoms with Crippen LogP contribution in [0.15, 0.2) is 4.99 Å². The van der Waals surface area contributed by atoms with E-state index < -0.39 is 0 Å². The molecule has 1 saturated heterocycles. The van der Waals surface area contributed by atoms with Crippen molar-refractivity contribution in [2.24, 2.45) is 10.9 Å². The molecule has 154 valence electrons. The summed E-state index contributed by atoms with van der Waals surface area (Å²) in [4.78, 5) is 21.2. The van der Waals surface area contributed by atoms with Crippen LogP contribution in [0.1, 0.15) is 53.9 Å². The molecule has 1 fully saturated rings. The normalized spacial score (nSPS) is 16.2. The van der Waals surface area contributed by atoms with E-state index in [1.165, 1.54) is 0 Å². The molecule has 2 N–H and O–H groups in total. The van der Waals surface area contributed by atoms with Crippen molar-refractivity contribution in [3.8, 4) is 0 Å². The Morgan fingerprint density at radius 1 is 1.19 bits per heavy atom. The van der Waals surface area contributed by atoms with Gasteiger partial charge in [0.2, 0.25) is 5.91 Å². The lowest BCUT2D eigenvalue weighted by Crippen LogP contribution is -2.46. The lowest BCUT2D eigenvalue weighted by molar-refractivity contribution is -0.121. The SMILES string of the molecule is CCNC(=NCCN(C(C)C)C(C)C)N1CCC(CC(=O)NC)CC1.I. The molecule has 0 saturated carbocycles. The smallest absolute Gasteiger partial charge is 0.220 e. The Morgan fingerprint density at radius 3 is 2.23 bits per heavy atom. The summed E-state index contributed by atoms with van der Waals surface area (Å²) in [5.74, 6) is 1.67. The molecule has 6 nitrogen and oxygen atoms in total. The van der Waals surface area contributed by atoms with Gasteiger partial charge in [0.15, 0.2) is 5.96 Å². The molecule has 0 aromatic rings. The quantitative estimate of drug-likeness (QED) is 0.318. The van der Waals surface area contributed by atoms with Crippen LogP contribution >= 0.6 is 24.0 Å². The number of piperidine rings is 1. The maximum Gasteiger partial charge on any atom is 0.220 e. The Labute approximate surface area is 177 Å². The van der Waals surface area contributed by atoms with E-state index in [1.807, 2.05) is 0 Å². The van der Waals surface area contributed by atoms with Crippen molar-refractivity contribution in [1.29, 1.82) is 0 Å². The number of likely N-dealkylation sites (tertiary alicyclic amines) is 1. The molecule has 0 radical (unpaired) electrons. The monoisotopic (exact) mass is 481 g/mol. The number of nitrogens with one attached hydrogen (secondary N) is 2. The molecule has 26 heavy (non-hydrogen) atoms. The summed E-state index contributed by atoms with van der Waals surface area (Å²) in [6, 6.07) is 1.08. The van der Waals surface area contributed by atoms with E-state index in [1.54, 1.807) is 7.05 Å². The van der Waals surface area contributed by atoms with Gasteiger partial charge in [-0.25, -0.2) is 0 Å². The van der Waals surface area contributed by atoms with Crippen LogP contribution < -0.4 is 10.6 Å². The summed E-state index contributed by atoms with van der Waals surface area (Å²) in [5.41, 5.74) is 0. The van der Waals surface area contributed by atoms with Crippen LogP contribution in [0.4, 0.5) is 0 Å². The highest BCUT2D eigenvalue weighted by Crippen LogP contribution is 2.20. The third kappa shape index (κ3) is 8.88. The zero-order chi connectivity index (χ0) is 18.8. The third-order valence-corrected chi connectivity index (χ3v) is 4.95. The van der Waals surface area contributed by atoms with Crippen molar-refractivity contribution in [3.63, 3.8) is 0 Å². The predicted octanol–water partition coefficient (Wildman–Crippen LogP) is 2.54. The molecule has 1 heterocycles. The van der Waals surface area contributed by atoms with Gasteiger partial charge in [0, 0.05) is 51.7 Å². The molecule has 0 unspecified atom stereocenters. The Bertz CT molecular complexity index is 412. The number of nitrogens with zero attached hydrogens (tertiary/aromatic N) is 3. The zero-order valence-electron chi connectivity index (χ0n) is 17.5. The highest BCUT2D eigenvalue weighted by Gasteiger charge is 2.23. The summed E-state index contributed by atoms with van der Waals surface area (Å²) in [6.45, 7) is 15.7. The molecule has 0 atom stereocenters. The molecule has 1 aliphatic heterocycles. The molecule has 0 spiro atoms. The van der Waals surface area contributed by atoms with Crippen molar-refractivity contribution >= 4 is 35.8 Å². The van der Waals surface area contributed by atoms with Crippen LogP contribution in [-0.4, -0.2) is 73.5 Å². The molecule has 0 aliphatic carbocycles. The van der Waals surface area contributed by atoms with E-state index >= 15 is 0 Å². The fourth-order valence-electron chi connectivity index (χ4n) is 3.52. The average molecular weight is 481 g/mol. The number of halogens is 1. The summed E-state index contributed by atoms with van der Waals surface area (Å²) in [7, 11) is 1.71.